The van der Waals surface area contributed by atoms with Crippen LogP contribution < -0.4 is 9.62 Å². The molecule has 1 unspecified atom stereocenters. The van der Waals surface area contributed by atoms with Crippen molar-refractivity contribution in [2.24, 2.45) is 0 Å². The SMILES string of the molecule is CC(C(=O)Nc1ccccc1Br)N(c1ccccc1)S(C)(=O)=O. The van der Waals surface area contributed by atoms with Crippen LogP contribution in [0.5, 0.6) is 0 Å². The van der Waals surface area contributed by atoms with Gasteiger partial charge in [0.25, 0.3) is 0 Å². The van der Waals surface area contributed by atoms with E-state index in [0.717, 1.165) is 15.0 Å². The van der Waals surface area contributed by atoms with Crippen molar-refractivity contribution in [2.75, 3.05) is 15.9 Å². The molecule has 0 aliphatic heterocycles. The molecule has 122 valence electrons. The summed E-state index contributed by atoms with van der Waals surface area (Å²) in [5.74, 6) is -0.411. The molecule has 0 aromatic heterocycles. The van der Waals surface area contributed by atoms with Crippen molar-refractivity contribution >= 4 is 43.2 Å². The Hall–Kier alpha value is -1.86. The number of hydrogen-bond donors (Lipinski definition) is 1. The topological polar surface area (TPSA) is 66.5 Å². The summed E-state index contributed by atoms with van der Waals surface area (Å²) in [6.45, 7) is 1.56. The van der Waals surface area contributed by atoms with Gasteiger partial charge in [-0.3, -0.25) is 9.10 Å². The largest absolute Gasteiger partial charge is 0.323 e. The molecule has 1 amide bonds. The number of nitrogens with one attached hydrogen (secondary N) is 1. The minimum Gasteiger partial charge on any atom is -0.323 e. The molecule has 0 spiro atoms. The highest BCUT2D eigenvalue weighted by atomic mass is 79.9. The Balaban J connectivity index is 2.29. The van der Waals surface area contributed by atoms with Crippen LogP contribution in [0.4, 0.5) is 11.4 Å². The number of benzene rings is 2. The molecule has 0 bridgehead atoms. The van der Waals surface area contributed by atoms with Gasteiger partial charge in [0.1, 0.15) is 6.04 Å². The lowest BCUT2D eigenvalue weighted by atomic mass is 10.2. The van der Waals surface area contributed by atoms with E-state index in [2.05, 4.69) is 21.2 Å². The first-order valence-corrected chi connectivity index (χ1v) is 9.54. The van der Waals surface area contributed by atoms with Crippen molar-refractivity contribution in [3.63, 3.8) is 0 Å². The summed E-state index contributed by atoms with van der Waals surface area (Å²) in [5, 5.41) is 2.74. The minimum absolute atomic E-state index is 0.411. The maximum Gasteiger partial charge on any atom is 0.248 e. The van der Waals surface area contributed by atoms with Crippen molar-refractivity contribution in [1.29, 1.82) is 0 Å². The van der Waals surface area contributed by atoms with Crippen LogP contribution in [0, 0.1) is 0 Å². The van der Waals surface area contributed by atoms with E-state index in [9.17, 15) is 13.2 Å². The molecule has 0 heterocycles. The van der Waals surface area contributed by atoms with Crippen molar-refractivity contribution < 1.29 is 13.2 Å². The van der Waals surface area contributed by atoms with Crippen molar-refractivity contribution in [3.8, 4) is 0 Å². The van der Waals surface area contributed by atoms with Crippen LogP contribution in [-0.2, 0) is 14.8 Å². The van der Waals surface area contributed by atoms with Gasteiger partial charge in [0.15, 0.2) is 0 Å². The lowest BCUT2D eigenvalue weighted by molar-refractivity contribution is -0.116. The fourth-order valence-corrected chi connectivity index (χ4v) is 3.74. The van der Waals surface area contributed by atoms with Crippen LogP contribution >= 0.6 is 15.9 Å². The van der Waals surface area contributed by atoms with Crippen LogP contribution in [0.2, 0.25) is 0 Å². The summed E-state index contributed by atoms with van der Waals surface area (Å²) in [7, 11) is -3.60. The summed E-state index contributed by atoms with van der Waals surface area (Å²) in [5.41, 5.74) is 1.04. The number of nitrogens with zero attached hydrogens (tertiary/aromatic N) is 1. The number of carbonyl (C=O) groups is 1. The first-order chi connectivity index (χ1) is 10.8. The number of halogens is 1. The molecular formula is C16H17BrN2O3S. The molecule has 0 aliphatic carbocycles. The summed E-state index contributed by atoms with van der Waals surface area (Å²) < 4.78 is 26.1. The van der Waals surface area contributed by atoms with Gasteiger partial charge in [0.2, 0.25) is 15.9 Å². The second kappa shape index (κ2) is 7.14. The van der Waals surface area contributed by atoms with E-state index in [0.29, 0.717) is 11.4 Å². The molecule has 2 rings (SSSR count). The summed E-state index contributed by atoms with van der Waals surface area (Å²) in [4.78, 5) is 12.5. The van der Waals surface area contributed by atoms with Gasteiger partial charge in [-0.2, -0.15) is 0 Å². The van der Waals surface area contributed by atoms with Gasteiger partial charge in [-0.15, -0.1) is 0 Å². The van der Waals surface area contributed by atoms with E-state index in [-0.39, 0.29) is 0 Å². The molecule has 0 saturated heterocycles. The van der Waals surface area contributed by atoms with E-state index in [4.69, 9.17) is 0 Å². The summed E-state index contributed by atoms with van der Waals surface area (Å²) >= 11 is 3.35. The first-order valence-electron chi connectivity index (χ1n) is 6.90. The first kappa shape index (κ1) is 17.5. The van der Waals surface area contributed by atoms with Crippen LogP contribution in [0.3, 0.4) is 0 Å². The monoisotopic (exact) mass is 396 g/mol. The van der Waals surface area contributed by atoms with Crippen LogP contribution in [-0.4, -0.2) is 26.6 Å². The molecule has 1 atom stereocenters. The molecule has 0 aliphatic rings. The molecule has 0 fully saturated rings. The lowest BCUT2D eigenvalue weighted by Gasteiger charge is -2.28. The van der Waals surface area contributed by atoms with Crippen LogP contribution in [0.25, 0.3) is 0 Å². The van der Waals surface area contributed by atoms with E-state index >= 15 is 0 Å². The van der Waals surface area contributed by atoms with Crippen molar-refractivity contribution in [1.82, 2.24) is 0 Å². The number of amides is 1. The van der Waals surface area contributed by atoms with E-state index in [1.807, 2.05) is 6.07 Å². The molecule has 0 saturated carbocycles. The van der Waals surface area contributed by atoms with Gasteiger partial charge in [0.05, 0.1) is 17.6 Å². The highest BCUT2D eigenvalue weighted by molar-refractivity contribution is 9.10. The van der Waals surface area contributed by atoms with Crippen LogP contribution in [0.15, 0.2) is 59.1 Å². The molecule has 2 aromatic carbocycles. The average molecular weight is 397 g/mol. The predicted molar refractivity (Wildman–Crippen MR) is 96.0 cm³/mol. The fraction of sp³-hybridized carbons (Fsp3) is 0.188. The van der Waals surface area contributed by atoms with Gasteiger partial charge in [-0.1, -0.05) is 30.3 Å². The Kier molecular flexibility index (Phi) is 5.43. The van der Waals surface area contributed by atoms with Crippen LogP contribution in [0.1, 0.15) is 6.92 Å². The quantitative estimate of drug-likeness (QED) is 0.843. The Morgan fingerprint density at radius 1 is 1.09 bits per heavy atom. The number of para-hydroxylation sites is 2. The zero-order chi connectivity index (χ0) is 17.0. The third-order valence-electron chi connectivity index (χ3n) is 3.23. The van der Waals surface area contributed by atoms with Gasteiger partial charge in [0, 0.05) is 4.47 Å². The Labute approximate surface area is 144 Å². The molecule has 7 heteroatoms. The smallest absolute Gasteiger partial charge is 0.248 e. The van der Waals surface area contributed by atoms with E-state index in [1.54, 1.807) is 55.5 Å². The maximum absolute atomic E-state index is 12.5. The van der Waals surface area contributed by atoms with E-state index in [1.165, 1.54) is 0 Å². The zero-order valence-corrected chi connectivity index (χ0v) is 15.1. The normalized spacial score (nSPS) is 12.5. The second-order valence-corrected chi connectivity index (χ2v) is 7.75. The number of sulfonamides is 1. The highest BCUT2D eigenvalue weighted by Gasteiger charge is 2.29. The molecule has 2 aromatic rings. The zero-order valence-electron chi connectivity index (χ0n) is 12.7. The summed E-state index contributed by atoms with van der Waals surface area (Å²) in [6.07, 6.45) is 1.09. The average Bonchev–Trinajstić information content (AvgIpc) is 2.49. The Bertz CT molecular complexity index is 794. The molecule has 1 N–H and O–H groups in total. The van der Waals surface area contributed by atoms with Gasteiger partial charge >= 0.3 is 0 Å². The molecule has 23 heavy (non-hydrogen) atoms. The van der Waals surface area contributed by atoms with Gasteiger partial charge in [-0.05, 0) is 47.1 Å². The Morgan fingerprint density at radius 2 is 1.65 bits per heavy atom. The van der Waals surface area contributed by atoms with Gasteiger partial charge in [-0.25, -0.2) is 8.42 Å². The lowest BCUT2D eigenvalue weighted by Crippen LogP contribution is -2.45. The number of hydrogen-bond acceptors (Lipinski definition) is 3. The predicted octanol–water partition coefficient (Wildman–Crippen LogP) is 3.24. The van der Waals surface area contributed by atoms with Crippen molar-refractivity contribution in [2.45, 2.75) is 13.0 Å². The Morgan fingerprint density at radius 3 is 2.22 bits per heavy atom. The second-order valence-electron chi connectivity index (χ2n) is 5.04. The third kappa shape index (κ3) is 4.33. The van der Waals surface area contributed by atoms with E-state index < -0.39 is 22.0 Å². The highest BCUT2D eigenvalue weighted by Crippen LogP contribution is 2.24. The summed E-state index contributed by atoms with van der Waals surface area (Å²) in [6, 6.07) is 14.8. The molecular weight excluding hydrogens is 380 g/mol. The standard InChI is InChI=1S/C16H17BrN2O3S/c1-12(16(20)18-15-11-7-6-10-14(15)17)19(23(2,21)22)13-8-4-3-5-9-13/h3-12H,1-2H3,(H,18,20). The fourth-order valence-electron chi connectivity index (χ4n) is 2.18. The third-order valence-corrected chi connectivity index (χ3v) is 5.16. The maximum atomic E-state index is 12.5. The molecule has 0 radical (unpaired) electrons. The minimum atomic E-state index is -3.60. The van der Waals surface area contributed by atoms with Gasteiger partial charge < -0.3 is 5.32 Å². The van der Waals surface area contributed by atoms with Crippen molar-refractivity contribution in [3.05, 3.63) is 59.1 Å². The molecule has 5 nitrogen and oxygen atoms in total. The number of anilines is 2. The number of carbonyl (C=O) groups excluding carboxylic acids is 1. The number of rotatable bonds is 5.